The van der Waals surface area contributed by atoms with E-state index < -0.39 is 34.3 Å². The van der Waals surface area contributed by atoms with Crippen LogP contribution in [0.3, 0.4) is 0 Å². The maximum absolute atomic E-state index is 13.5. The van der Waals surface area contributed by atoms with Gasteiger partial charge >= 0.3 is 0 Å². The molecule has 2 aromatic rings. The third kappa shape index (κ3) is 7.53. The van der Waals surface area contributed by atoms with Crippen molar-refractivity contribution in [3.63, 3.8) is 0 Å². The van der Waals surface area contributed by atoms with Gasteiger partial charge in [0.25, 0.3) is 0 Å². The average molecular weight is 556 g/mol. The summed E-state index contributed by atoms with van der Waals surface area (Å²) in [5, 5.41) is 2.86. The summed E-state index contributed by atoms with van der Waals surface area (Å²) in [4.78, 5) is 27.6. The zero-order valence-electron chi connectivity index (χ0n) is 20.0. The van der Waals surface area contributed by atoms with E-state index in [9.17, 15) is 22.4 Å². The van der Waals surface area contributed by atoms with Gasteiger partial charge in [0.2, 0.25) is 21.8 Å². The fourth-order valence-corrected chi connectivity index (χ4v) is 4.32. The summed E-state index contributed by atoms with van der Waals surface area (Å²) in [6.45, 7) is 6.73. The Labute approximate surface area is 209 Å². The van der Waals surface area contributed by atoms with Crippen molar-refractivity contribution < 1.29 is 22.4 Å². The number of hydrogen-bond acceptors (Lipinski definition) is 4. The van der Waals surface area contributed by atoms with E-state index in [0.29, 0.717) is 11.3 Å². The topological polar surface area (TPSA) is 86.8 Å². The average Bonchev–Trinajstić information content (AvgIpc) is 2.77. The molecule has 0 saturated heterocycles. The minimum absolute atomic E-state index is 0.0190. The first-order valence-electron chi connectivity index (χ1n) is 10.9. The molecule has 0 aliphatic carbocycles. The molecule has 0 fully saturated rings. The van der Waals surface area contributed by atoms with Gasteiger partial charge in [-0.3, -0.25) is 13.9 Å². The van der Waals surface area contributed by atoms with Gasteiger partial charge in [-0.2, -0.15) is 0 Å². The van der Waals surface area contributed by atoms with Gasteiger partial charge in [0, 0.05) is 17.1 Å². The van der Waals surface area contributed by atoms with Gasteiger partial charge in [0.15, 0.2) is 0 Å². The number of nitrogens with zero attached hydrogens (tertiary/aromatic N) is 2. The van der Waals surface area contributed by atoms with Crippen molar-refractivity contribution in [3.8, 4) is 0 Å². The summed E-state index contributed by atoms with van der Waals surface area (Å²) < 4.78 is 40.4. The van der Waals surface area contributed by atoms with Gasteiger partial charge < -0.3 is 10.2 Å². The molecule has 0 bridgehead atoms. The number of amides is 2. The van der Waals surface area contributed by atoms with E-state index in [1.807, 2.05) is 20.8 Å². The fraction of sp³-hybridized carbons (Fsp3) is 0.417. The highest BCUT2D eigenvalue weighted by atomic mass is 79.9. The van der Waals surface area contributed by atoms with E-state index in [2.05, 4.69) is 21.2 Å². The quantitative estimate of drug-likeness (QED) is 0.480. The molecule has 0 spiro atoms. The zero-order valence-corrected chi connectivity index (χ0v) is 22.4. The molecule has 2 rings (SSSR count). The van der Waals surface area contributed by atoms with Crippen LogP contribution in [0.1, 0.15) is 38.3 Å². The Morgan fingerprint density at radius 2 is 1.74 bits per heavy atom. The Hall–Kier alpha value is -2.46. The first-order chi connectivity index (χ1) is 15.8. The smallest absolute Gasteiger partial charge is 0.244 e. The molecule has 10 heteroatoms. The maximum Gasteiger partial charge on any atom is 0.244 e. The molecule has 0 aliphatic heterocycles. The fourth-order valence-electron chi connectivity index (χ4n) is 3.23. The standard InChI is InChI=1S/C24H31BrFN3O4S/c1-6-17(3)27-24(31)18(4)28(14-19-7-9-20(26)10-8-19)23(30)15-29(34(5,32)33)21-11-12-22(25)16(2)13-21/h7-13,17-18H,6,14-15H2,1-5H3,(H,27,31)/t17-,18+/m1/s1. The van der Waals surface area contributed by atoms with Crippen LogP contribution in [-0.2, 0) is 26.2 Å². The van der Waals surface area contributed by atoms with Crippen LogP contribution in [0.15, 0.2) is 46.9 Å². The van der Waals surface area contributed by atoms with Crippen LogP contribution in [0.5, 0.6) is 0 Å². The van der Waals surface area contributed by atoms with Crippen molar-refractivity contribution in [1.82, 2.24) is 10.2 Å². The Bertz CT molecular complexity index is 1130. The van der Waals surface area contributed by atoms with Crippen LogP contribution in [0.25, 0.3) is 0 Å². The number of nitrogens with one attached hydrogen (secondary N) is 1. The van der Waals surface area contributed by atoms with E-state index in [0.717, 1.165) is 27.0 Å². The highest BCUT2D eigenvalue weighted by molar-refractivity contribution is 9.10. The van der Waals surface area contributed by atoms with Crippen LogP contribution >= 0.6 is 15.9 Å². The number of anilines is 1. The number of sulfonamides is 1. The second kappa shape index (κ2) is 11.8. The first kappa shape index (κ1) is 27.8. The SMILES string of the molecule is CC[C@@H](C)NC(=O)[C@H](C)N(Cc1ccc(F)cc1)C(=O)CN(c1ccc(Br)c(C)c1)S(C)(=O)=O. The molecule has 0 unspecified atom stereocenters. The minimum atomic E-state index is -3.80. The van der Waals surface area contributed by atoms with E-state index in [1.165, 1.54) is 29.2 Å². The number of carbonyl (C=O) groups is 2. The third-order valence-corrected chi connectivity index (χ3v) is 7.57. The Morgan fingerprint density at radius 3 is 2.26 bits per heavy atom. The predicted molar refractivity (Wildman–Crippen MR) is 135 cm³/mol. The Kier molecular flexibility index (Phi) is 9.64. The molecule has 186 valence electrons. The molecule has 1 N–H and O–H groups in total. The highest BCUT2D eigenvalue weighted by Crippen LogP contribution is 2.25. The van der Waals surface area contributed by atoms with Gasteiger partial charge in [0.1, 0.15) is 18.4 Å². The van der Waals surface area contributed by atoms with Crippen molar-refractivity contribution in [2.45, 2.75) is 52.7 Å². The summed E-state index contributed by atoms with van der Waals surface area (Å²) in [6.07, 6.45) is 1.75. The number of halogens is 2. The largest absolute Gasteiger partial charge is 0.352 e. The Balaban J connectivity index is 2.39. The summed E-state index contributed by atoms with van der Waals surface area (Å²) >= 11 is 3.39. The van der Waals surface area contributed by atoms with Crippen molar-refractivity contribution in [2.24, 2.45) is 0 Å². The molecular weight excluding hydrogens is 525 g/mol. The van der Waals surface area contributed by atoms with E-state index in [4.69, 9.17) is 0 Å². The molecule has 0 heterocycles. The molecule has 0 saturated carbocycles. The van der Waals surface area contributed by atoms with Crippen LogP contribution in [-0.4, -0.2) is 50.0 Å². The molecule has 2 amide bonds. The van der Waals surface area contributed by atoms with Crippen molar-refractivity contribution >= 4 is 43.5 Å². The molecular formula is C24H31BrFN3O4S. The number of benzene rings is 2. The van der Waals surface area contributed by atoms with Gasteiger partial charge in [-0.15, -0.1) is 0 Å². The lowest BCUT2D eigenvalue weighted by Gasteiger charge is -2.32. The molecule has 34 heavy (non-hydrogen) atoms. The Morgan fingerprint density at radius 1 is 1.12 bits per heavy atom. The van der Waals surface area contributed by atoms with Crippen molar-refractivity contribution in [3.05, 3.63) is 63.9 Å². The van der Waals surface area contributed by atoms with Gasteiger partial charge in [-0.1, -0.05) is 35.0 Å². The van der Waals surface area contributed by atoms with Gasteiger partial charge in [-0.05, 0) is 68.7 Å². The molecule has 2 aromatic carbocycles. The number of carbonyl (C=O) groups excluding carboxylic acids is 2. The van der Waals surface area contributed by atoms with Crippen LogP contribution in [0.2, 0.25) is 0 Å². The van der Waals surface area contributed by atoms with Crippen molar-refractivity contribution in [1.29, 1.82) is 0 Å². The first-order valence-corrected chi connectivity index (χ1v) is 13.6. The predicted octanol–water partition coefficient (Wildman–Crippen LogP) is 3.99. The zero-order chi connectivity index (χ0) is 25.6. The highest BCUT2D eigenvalue weighted by Gasteiger charge is 2.30. The molecule has 0 aliphatic rings. The summed E-state index contributed by atoms with van der Waals surface area (Å²) in [7, 11) is -3.80. The normalized spacial score (nSPS) is 13.1. The second-order valence-corrected chi connectivity index (χ2v) is 11.1. The maximum atomic E-state index is 13.5. The number of rotatable bonds is 10. The van der Waals surface area contributed by atoms with E-state index >= 15 is 0 Å². The molecule has 0 aromatic heterocycles. The third-order valence-electron chi connectivity index (χ3n) is 5.54. The lowest BCUT2D eigenvalue weighted by atomic mass is 10.1. The lowest BCUT2D eigenvalue weighted by Crippen LogP contribution is -2.52. The van der Waals surface area contributed by atoms with Crippen molar-refractivity contribution in [2.75, 3.05) is 17.1 Å². The van der Waals surface area contributed by atoms with Crippen LogP contribution < -0.4 is 9.62 Å². The molecule has 7 nitrogen and oxygen atoms in total. The monoisotopic (exact) mass is 555 g/mol. The second-order valence-electron chi connectivity index (χ2n) is 8.35. The van der Waals surface area contributed by atoms with E-state index in [-0.39, 0.29) is 18.5 Å². The molecule has 0 radical (unpaired) electrons. The number of aryl methyl sites for hydroxylation is 1. The minimum Gasteiger partial charge on any atom is -0.352 e. The van der Waals surface area contributed by atoms with E-state index in [1.54, 1.807) is 25.1 Å². The molecule has 2 atom stereocenters. The number of hydrogen-bond donors (Lipinski definition) is 1. The van der Waals surface area contributed by atoms with Crippen LogP contribution in [0.4, 0.5) is 10.1 Å². The van der Waals surface area contributed by atoms with Crippen LogP contribution in [0, 0.1) is 12.7 Å². The lowest BCUT2D eigenvalue weighted by molar-refractivity contribution is -0.139. The van der Waals surface area contributed by atoms with Gasteiger partial charge in [-0.25, -0.2) is 12.8 Å². The van der Waals surface area contributed by atoms with Gasteiger partial charge in [0.05, 0.1) is 11.9 Å². The summed E-state index contributed by atoms with van der Waals surface area (Å²) in [6, 6.07) is 9.63. The summed E-state index contributed by atoms with van der Waals surface area (Å²) in [5.41, 5.74) is 1.77. The summed E-state index contributed by atoms with van der Waals surface area (Å²) in [5.74, 6) is -1.32.